The molecule has 0 heterocycles. The summed E-state index contributed by atoms with van der Waals surface area (Å²) in [5.74, 6) is 0.537. The van der Waals surface area contributed by atoms with Crippen molar-refractivity contribution in [3.05, 3.63) is 121 Å². The number of fused-ring (bicyclic) bond motifs is 1. The van der Waals surface area contributed by atoms with Crippen molar-refractivity contribution < 1.29 is 26.4 Å². The number of ether oxygens (including phenoxy) is 1. The van der Waals surface area contributed by atoms with Crippen LogP contribution in [-0.4, -0.2) is 35.5 Å². The van der Waals surface area contributed by atoms with Crippen molar-refractivity contribution in [3.63, 3.8) is 0 Å². The average molecular weight is 602 g/mol. The topological polar surface area (TPSA) is 122 Å². The summed E-state index contributed by atoms with van der Waals surface area (Å²) in [6, 6.07) is 33.9. The number of anilines is 3. The Morgan fingerprint density at radius 1 is 0.714 bits per heavy atom. The van der Waals surface area contributed by atoms with Crippen molar-refractivity contribution in [1.29, 1.82) is 0 Å². The molecule has 0 unspecified atom stereocenters. The smallest absolute Gasteiger partial charge is 0.261 e. The Morgan fingerprint density at radius 3 is 2.02 bits per heavy atom. The zero-order valence-corrected chi connectivity index (χ0v) is 24.1. The van der Waals surface area contributed by atoms with Gasteiger partial charge in [-0.2, -0.15) is 0 Å². The van der Waals surface area contributed by atoms with Gasteiger partial charge in [-0.15, -0.1) is 0 Å². The zero-order chi connectivity index (χ0) is 29.7. The number of hydrogen-bond acceptors (Lipinski definition) is 6. The average Bonchev–Trinajstić information content (AvgIpc) is 2.97. The number of sulfonamides is 2. The number of amides is 1. The molecular weight excluding hydrogens is 574 g/mol. The Hall–Kier alpha value is -4.87. The maximum absolute atomic E-state index is 13.0. The number of carbonyl (C=O) groups is 1. The molecule has 0 aliphatic heterocycles. The molecule has 214 valence electrons. The molecule has 2 N–H and O–H groups in total. The number of para-hydroxylation sites is 1. The third kappa shape index (κ3) is 6.88. The van der Waals surface area contributed by atoms with Crippen molar-refractivity contribution >= 4 is 53.8 Å². The lowest BCUT2D eigenvalue weighted by Crippen LogP contribution is -2.37. The first kappa shape index (κ1) is 28.7. The predicted molar refractivity (Wildman–Crippen MR) is 165 cm³/mol. The lowest BCUT2D eigenvalue weighted by Gasteiger charge is -2.22. The van der Waals surface area contributed by atoms with Crippen molar-refractivity contribution in [1.82, 2.24) is 0 Å². The third-order valence-corrected chi connectivity index (χ3v) is 8.80. The number of nitrogens with one attached hydrogen (secondary N) is 2. The molecule has 0 fully saturated rings. The molecule has 0 aromatic heterocycles. The van der Waals surface area contributed by atoms with Crippen LogP contribution in [-0.2, 0) is 24.8 Å². The summed E-state index contributed by atoms with van der Waals surface area (Å²) in [5, 5.41) is 4.29. The second-order valence-corrected chi connectivity index (χ2v) is 13.0. The van der Waals surface area contributed by atoms with E-state index in [1.165, 1.54) is 24.3 Å². The highest BCUT2D eigenvalue weighted by atomic mass is 32.2. The van der Waals surface area contributed by atoms with E-state index in [4.69, 9.17) is 4.74 Å². The van der Waals surface area contributed by atoms with E-state index in [0.29, 0.717) is 22.9 Å². The van der Waals surface area contributed by atoms with Crippen LogP contribution in [0.1, 0.15) is 0 Å². The fraction of sp³-hybridized carbons (Fsp3) is 0.0645. The summed E-state index contributed by atoms with van der Waals surface area (Å²) >= 11 is 0. The van der Waals surface area contributed by atoms with Gasteiger partial charge in [-0.25, -0.2) is 16.8 Å². The number of nitrogens with zero attached hydrogens (tertiary/aromatic N) is 1. The molecule has 0 saturated carbocycles. The van der Waals surface area contributed by atoms with Gasteiger partial charge in [0.2, 0.25) is 15.9 Å². The Kier molecular flexibility index (Phi) is 8.14. The molecule has 1 amide bonds. The summed E-state index contributed by atoms with van der Waals surface area (Å²) < 4.78 is 60.5. The molecule has 0 spiro atoms. The van der Waals surface area contributed by atoms with Crippen LogP contribution < -0.4 is 19.1 Å². The van der Waals surface area contributed by atoms with Gasteiger partial charge in [0.1, 0.15) is 18.0 Å². The number of benzene rings is 5. The first-order valence-corrected chi connectivity index (χ1v) is 16.1. The first-order chi connectivity index (χ1) is 20.1. The Balaban J connectivity index is 1.25. The van der Waals surface area contributed by atoms with E-state index in [2.05, 4.69) is 10.0 Å². The van der Waals surface area contributed by atoms with Crippen LogP contribution >= 0.6 is 0 Å². The van der Waals surface area contributed by atoms with Crippen LogP contribution in [0.2, 0.25) is 0 Å². The first-order valence-electron chi connectivity index (χ1n) is 12.8. The van der Waals surface area contributed by atoms with Crippen LogP contribution in [0.3, 0.4) is 0 Å². The Labute approximate surface area is 244 Å². The lowest BCUT2D eigenvalue weighted by molar-refractivity contribution is -0.114. The van der Waals surface area contributed by atoms with Gasteiger partial charge in [-0.1, -0.05) is 54.6 Å². The molecule has 0 radical (unpaired) electrons. The molecule has 0 atom stereocenters. The molecule has 0 aliphatic carbocycles. The highest BCUT2D eigenvalue weighted by molar-refractivity contribution is 7.92. The van der Waals surface area contributed by atoms with Gasteiger partial charge in [-0.05, 0) is 72.1 Å². The summed E-state index contributed by atoms with van der Waals surface area (Å²) in [4.78, 5) is 12.8. The third-order valence-electron chi connectivity index (χ3n) is 6.27. The van der Waals surface area contributed by atoms with Gasteiger partial charge in [0.25, 0.3) is 10.0 Å². The monoisotopic (exact) mass is 601 g/mol. The molecule has 0 saturated heterocycles. The van der Waals surface area contributed by atoms with Crippen molar-refractivity contribution in [2.75, 3.05) is 27.1 Å². The van der Waals surface area contributed by atoms with Crippen molar-refractivity contribution in [3.8, 4) is 11.5 Å². The Morgan fingerprint density at radius 2 is 1.33 bits per heavy atom. The van der Waals surface area contributed by atoms with Gasteiger partial charge in [0.15, 0.2) is 0 Å². The van der Waals surface area contributed by atoms with E-state index in [1.54, 1.807) is 48.5 Å². The van der Waals surface area contributed by atoms with E-state index < -0.39 is 32.5 Å². The van der Waals surface area contributed by atoms with Gasteiger partial charge < -0.3 is 10.1 Å². The minimum Gasteiger partial charge on any atom is -0.457 e. The van der Waals surface area contributed by atoms with Crippen LogP contribution in [0.4, 0.5) is 17.1 Å². The van der Waals surface area contributed by atoms with Gasteiger partial charge >= 0.3 is 0 Å². The minimum atomic E-state index is -3.91. The number of carbonyl (C=O) groups excluding carboxylic acids is 1. The van der Waals surface area contributed by atoms with Crippen LogP contribution in [0.25, 0.3) is 10.8 Å². The van der Waals surface area contributed by atoms with Crippen LogP contribution in [0.5, 0.6) is 11.5 Å². The van der Waals surface area contributed by atoms with E-state index in [9.17, 15) is 21.6 Å². The molecule has 5 rings (SSSR count). The number of rotatable bonds is 10. The molecule has 0 aliphatic rings. The number of hydrogen-bond donors (Lipinski definition) is 2. The largest absolute Gasteiger partial charge is 0.457 e. The van der Waals surface area contributed by atoms with E-state index >= 15 is 0 Å². The molecule has 42 heavy (non-hydrogen) atoms. The molecule has 9 nitrogen and oxygen atoms in total. The summed E-state index contributed by atoms with van der Waals surface area (Å²) in [5.41, 5.74) is 1.05. The quantitative estimate of drug-likeness (QED) is 0.208. The molecule has 0 bridgehead atoms. The molecule has 5 aromatic carbocycles. The van der Waals surface area contributed by atoms with Gasteiger partial charge in [0.05, 0.1) is 22.5 Å². The minimum absolute atomic E-state index is 0.00371. The summed E-state index contributed by atoms with van der Waals surface area (Å²) in [7, 11) is -7.71. The predicted octanol–water partition coefficient (Wildman–Crippen LogP) is 5.84. The second-order valence-electron chi connectivity index (χ2n) is 9.38. The van der Waals surface area contributed by atoms with Gasteiger partial charge in [0, 0.05) is 11.1 Å². The second kappa shape index (κ2) is 11.9. The highest BCUT2D eigenvalue weighted by Crippen LogP contribution is 2.27. The summed E-state index contributed by atoms with van der Waals surface area (Å²) in [6.45, 7) is -0.486. The van der Waals surface area contributed by atoms with E-state index in [0.717, 1.165) is 21.3 Å². The standard InChI is InChI=1S/C31H27N3O6S2/c1-41(36,37)34(25-16-18-27(19-17-25)40-26-10-3-2-4-11-26)22-31(35)32-24-14-20-28(21-15-24)42(38,39)33-30-13-7-9-23-8-5-6-12-29(23)30/h2-21,33H,22H2,1H3,(H,32,35). The zero-order valence-electron chi connectivity index (χ0n) is 22.5. The molecule has 5 aromatic rings. The van der Waals surface area contributed by atoms with E-state index in [1.807, 2.05) is 48.5 Å². The summed E-state index contributed by atoms with van der Waals surface area (Å²) in [6.07, 6.45) is 1.01. The maximum atomic E-state index is 13.0. The Bertz CT molecular complexity index is 1920. The fourth-order valence-corrected chi connectivity index (χ4v) is 6.21. The maximum Gasteiger partial charge on any atom is 0.261 e. The normalized spacial score (nSPS) is 11.5. The van der Waals surface area contributed by atoms with Crippen molar-refractivity contribution in [2.24, 2.45) is 0 Å². The molecular formula is C31H27N3O6S2. The lowest BCUT2D eigenvalue weighted by atomic mass is 10.1. The van der Waals surface area contributed by atoms with Crippen LogP contribution in [0, 0.1) is 0 Å². The van der Waals surface area contributed by atoms with Crippen LogP contribution in [0.15, 0.2) is 126 Å². The SMILES string of the molecule is CS(=O)(=O)N(CC(=O)Nc1ccc(S(=O)(=O)Nc2cccc3ccccc23)cc1)c1ccc(Oc2ccccc2)cc1. The van der Waals surface area contributed by atoms with E-state index in [-0.39, 0.29) is 10.6 Å². The van der Waals surface area contributed by atoms with Crippen molar-refractivity contribution in [2.45, 2.75) is 4.90 Å². The highest BCUT2D eigenvalue weighted by Gasteiger charge is 2.22. The fourth-order valence-electron chi connectivity index (χ4n) is 4.27. The van der Waals surface area contributed by atoms with Gasteiger partial charge in [-0.3, -0.25) is 13.8 Å². The molecule has 11 heteroatoms.